The van der Waals surface area contributed by atoms with E-state index in [1.165, 1.54) is 6.07 Å². The maximum absolute atomic E-state index is 13.7. The predicted molar refractivity (Wildman–Crippen MR) is 104 cm³/mol. The average Bonchev–Trinajstić information content (AvgIpc) is 2.69. The lowest BCUT2D eigenvalue weighted by Crippen LogP contribution is -2.38. The van der Waals surface area contributed by atoms with Crippen LogP contribution in [0.2, 0.25) is 0 Å². The van der Waals surface area contributed by atoms with Gasteiger partial charge < -0.3 is 10.2 Å². The molecule has 0 saturated heterocycles. The Morgan fingerprint density at radius 2 is 1.80 bits per heavy atom. The smallest absolute Gasteiger partial charge is 0.372 e. The van der Waals surface area contributed by atoms with Crippen molar-refractivity contribution in [2.45, 2.75) is 17.5 Å². The lowest BCUT2D eigenvalue weighted by atomic mass is 10.2. The normalized spacial score (nSPS) is 11.9. The minimum absolute atomic E-state index is 0.211. The number of carbonyl (C=O) groups excluding carboxylic acids is 1. The third-order valence-corrected chi connectivity index (χ3v) is 5.55. The van der Waals surface area contributed by atoms with Crippen molar-refractivity contribution < 1.29 is 30.8 Å². The minimum atomic E-state index is -4.68. The summed E-state index contributed by atoms with van der Waals surface area (Å²) >= 11 is 0. The van der Waals surface area contributed by atoms with Gasteiger partial charge in [0.25, 0.3) is 0 Å². The Bertz CT molecular complexity index is 981. The van der Waals surface area contributed by atoms with E-state index < -0.39 is 39.1 Å². The van der Waals surface area contributed by atoms with Crippen molar-refractivity contribution in [1.82, 2.24) is 10.0 Å². The number of amides is 1. The third-order valence-electron chi connectivity index (χ3n) is 4.15. The molecule has 0 unspecified atom stereocenters. The number of hydrogen-bond acceptors (Lipinski definition) is 4. The first-order valence-electron chi connectivity index (χ1n) is 8.90. The number of sulfonamides is 1. The van der Waals surface area contributed by atoms with Crippen LogP contribution in [0.4, 0.5) is 23.2 Å². The summed E-state index contributed by atoms with van der Waals surface area (Å²) in [5, 5.41) is 2.50. The second-order valence-electron chi connectivity index (χ2n) is 6.43. The van der Waals surface area contributed by atoms with Crippen LogP contribution >= 0.6 is 0 Å². The summed E-state index contributed by atoms with van der Waals surface area (Å²) in [7, 11) is -2.59. The van der Waals surface area contributed by atoms with Crippen LogP contribution < -0.4 is 14.9 Å². The van der Waals surface area contributed by atoms with Gasteiger partial charge in [0.15, 0.2) is 0 Å². The summed E-state index contributed by atoms with van der Waals surface area (Å²) < 4.78 is 78.1. The molecule has 0 heterocycles. The van der Waals surface area contributed by atoms with E-state index in [2.05, 4.69) is 5.32 Å². The van der Waals surface area contributed by atoms with Gasteiger partial charge >= 0.3 is 6.18 Å². The van der Waals surface area contributed by atoms with Gasteiger partial charge in [-0.05, 0) is 36.8 Å². The zero-order chi connectivity index (χ0) is 22.4. The fraction of sp³-hybridized carbons (Fsp3) is 0.316. The largest absolute Gasteiger partial charge is 0.416 e. The molecular formula is C19H21F4N3O3S. The maximum Gasteiger partial charge on any atom is 0.416 e. The number of benzene rings is 2. The van der Waals surface area contributed by atoms with Gasteiger partial charge in [0, 0.05) is 20.1 Å². The Morgan fingerprint density at radius 1 is 1.10 bits per heavy atom. The van der Waals surface area contributed by atoms with Crippen molar-refractivity contribution >= 4 is 21.6 Å². The van der Waals surface area contributed by atoms with E-state index in [1.54, 1.807) is 30.1 Å². The molecule has 0 saturated carbocycles. The SMILES string of the molecule is CN(CCCNC(=O)CNS(=O)(=O)c1cccc(C(F)(F)F)c1)c1ccccc1F. The Morgan fingerprint density at radius 3 is 2.47 bits per heavy atom. The van der Waals surface area contributed by atoms with E-state index in [0.717, 1.165) is 18.2 Å². The van der Waals surface area contributed by atoms with Crippen LogP contribution in [-0.2, 0) is 21.0 Å². The van der Waals surface area contributed by atoms with Crippen molar-refractivity contribution in [2.75, 3.05) is 31.6 Å². The fourth-order valence-electron chi connectivity index (χ4n) is 2.57. The molecular weight excluding hydrogens is 426 g/mol. The molecule has 2 N–H and O–H groups in total. The van der Waals surface area contributed by atoms with Gasteiger partial charge in [0.05, 0.1) is 22.7 Å². The molecule has 30 heavy (non-hydrogen) atoms. The number of alkyl halides is 3. The zero-order valence-electron chi connectivity index (χ0n) is 16.0. The highest BCUT2D eigenvalue weighted by molar-refractivity contribution is 7.89. The number of anilines is 1. The van der Waals surface area contributed by atoms with E-state index in [-0.39, 0.29) is 12.4 Å². The number of nitrogens with zero attached hydrogens (tertiary/aromatic N) is 1. The first-order valence-corrected chi connectivity index (χ1v) is 10.4. The molecule has 2 aromatic rings. The highest BCUT2D eigenvalue weighted by Crippen LogP contribution is 2.30. The van der Waals surface area contributed by atoms with E-state index in [0.29, 0.717) is 24.7 Å². The van der Waals surface area contributed by atoms with Crippen molar-refractivity contribution in [3.05, 3.63) is 59.9 Å². The molecule has 0 atom stereocenters. The van der Waals surface area contributed by atoms with Crippen LogP contribution in [0.1, 0.15) is 12.0 Å². The van der Waals surface area contributed by atoms with Crippen molar-refractivity contribution in [2.24, 2.45) is 0 Å². The number of carbonyl (C=O) groups is 1. The molecule has 0 bridgehead atoms. The second kappa shape index (κ2) is 9.90. The summed E-state index contributed by atoms with van der Waals surface area (Å²) in [5.41, 5.74) is -0.688. The van der Waals surface area contributed by atoms with Crippen LogP contribution in [0.5, 0.6) is 0 Å². The number of para-hydroxylation sites is 1. The molecule has 0 aromatic heterocycles. The summed E-state index contributed by atoms with van der Waals surface area (Å²) in [5.74, 6) is -1.01. The monoisotopic (exact) mass is 447 g/mol. The molecule has 0 aliphatic rings. The zero-order valence-corrected chi connectivity index (χ0v) is 16.9. The number of hydrogen-bond donors (Lipinski definition) is 2. The molecule has 1 amide bonds. The lowest BCUT2D eigenvalue weighted by molar-refractivity contribution is -0.137. The Balaban J connectivity index is 1.80. The van der Waals surface area contributed by atoms with Crippen molar-refractivity contribution in [3.8, 4) is 0 Å². The molecule has 2 aromatic carbocycles. The standard InChI is InChI=1S/C19H21F4N3O3S/c1-26(17-9-3-2-8-16(17)20)11-5-10-24-18(27)13-25-30(28,29)15-7-4-6-14(12-15)19(21,22)23/h2-4,6-9,12,25H,5,10-11,13H2,1H3,(H,24,27). The van der Waals surface area contributed by atoms with E-state index in [1.807, 2.05) is 4.72 Å². The molecule has 164 valence electrons. The van der Waals surface area contributed by atoms with E-state index in [4.69, 9.17) is 0 Å². The van der Waals surface area contributed by atoms with Crippen molar-refractivity contribution in [1.29, 1.82) is 0 Å². The first kappa shape index (κ1) is 23.6. The van der Waals surface area contributed by atoms with Gasteiger partial charge in [0.1, 0.15) is 5.82 Å². The molecule has 11 heteroatoms. The quantitative estimate of drug-likeness (QED) is 0.458. The Hall–Kier alpha value is -2.66. The van der Waals surface area contributed by atoms with Gasteiger partial charge in [-0.1, -0.05) is 18.2 Å². The molecule has 0 aliphatic carbocycles. The van der Waals surface area contributed by atoms with E-state index >= 15 is 0 Å². The van der Waals surface area contributed by atoms with Gasteiger partial charge in [-0.2, -0.15) is 13.2 Å². The van der Waals surface area contributed by atoms with Crippen LogP contribution in [-0.4, -0.2) is 41.0 Å². The van der Waals surface area contributed by atoms with Gasteiger partial charge in [-0.25, -0.2) is 17.5 Å². The first-order chi connectivity index (χ1) is 14.0. The molecule has 0 aliphatic heterocycles. The maximum atomic E-state index is 13.7. The molecule has 2 rings (SSSR count). The molecule has 6 nitrogen and oxygen atoms in total. The Kier molecular flexibility index (Phi) is 7.79. The van der Waals surface area contributed by atoms with Gasteiger partial charge in [-0.15, -0.1) is 0 Å². The van der Waals surface area contributed by atoms with Crippen LogP contribution in [0.3, 0.4) is 0 Å². The van der Waals surface area contributed by atoms with Crippen LogP contribution in [0.15, 0.2) is 53.4 Å². The minimum Gasteiger partial charge on any atom is -0.372 e. The van der Waals surface area contributed by atoms with E-state index in [9.17, 15) is 30.8 Å². The highest BCUT2D eigenvalue weighted by Gasteiger charge is 2.31. The average molecular weight is 447 g/mol. The fourth-order valence-corrected chi connectivity index (χ4v) is 3.60. The van der Waals surface area contributed by atoms with Gasteiger partial charge in [-0.3, -0.25) is 4.79 Å². The van der Waals surface area contributed by atoms with Crippen molar-refractivity contribution in [3.63, 3.8) is 0 Å². The molecule has 0 spiro atoms. The lowest BCUT2D eigenvalue weighted by Gasteiger charge is -2.19. The summed E-state index contributed by atoms with van der Waals surface area (Å²) in [6.45, 7) is 0.0296. The highest BCUT2D eigenvalue weighted by atomic mass is 32.2. The molecule has 0 radical (unpaired) electrons. The molecule has 0 fully saturated rings. The third kappa shape index (κ3) is 6.70. The predicted octanol–water partition coefficient (Wildman–Crippen LogP) is 2.77. The van der Waals surface area contributed by atoms with Gasteiger partial charge in [0.2, 0.25) is 15.9 Å². The summed E-state index contributed by atoms with van der Waals surface area (Å²) in [4.78, 5) is 12.9. The Labute approximate surface area is 171 Å². The second-order valence-corrected chi connectivity index (χ2v) is 8.19. The number of halogens is 4. The van der Waals surface area contributed by atoms with Crippen LogP contribution in [0, 0.1) is 5.82 Å². The number of rotatable bonds is 9. The summed E-state index contributed by atoms with van der Waals surface area (Å²) in [6, 6.07) is 9.47. The van der Waals surface area contributed by atoms with Crippen LogP contribution in [0.25, 0.3) is 0 Å². The number of nitrogens with one attached hydrogen (secondary N) is 2. The topological polar surface area (TPSA) is 78.5 Å². The summed E-state index contributed by atoms with van der Waals surface area (Å²) in [6.07, 6.45) is -4.21.